The number of guanidine groups is 1. The molecular weight excluding hydrogens is 346 g/mol. The highest BCUT2D eigenvalue weighted by atomic mass is 16.6. The van der Waals surface area contributed by atoms with Crippen LogP contribution in [0.4, 0.5) is 4.79 Å². The zero-order chi connectivity index (χ0) is 20.0. The molecular formula is C19H37N5O3. The molecule has 0 aromatic carbocycles. The Morgan fingerprint density at radius 2 is 1.85 bits per heavy atom. The molecule has 0 aromatic heterocycles. The van der Waals surface area contributed by atoms with Crippen LogP contribution in [0, 0.1) is 0 Å². The number of likely N-dealkylation sites (tertiary alicyclic amines) is 1. The molecule has 2 unspecified atom stereocenters. The number of carbonyl (C=O) groups is 1. The van der Waals surface area contributed by atoms with E-state index >= 15 is 0 Å². The number of nitrogens with two attached hydrogens (primary N) is 1. The van der Waals surface area contributed by atoms with Gasteiger partial charge in [-0.1, -0.05) is 0 Å². The van der Waals surface area contributed by atoms with Gasteiger partial charge in [-0.3, -0.25) is 9.89 Å². The lowest BCUT2D eigenvalue weighted by molar-refractivity contribution is -0.0939. The van der Waals surface area contributed by atoms with E-state index in [1.54, 1.807) is 4.90 Å². The van der Waals surface area contributed by atoms with E-state index < -0.39 is 0 Å². The number of piperidine rings is 1. The molecule has 2 rings (SSSR count). The van der Waals surface area contributed by atoms with Crippen LogP contribution in [-0.4, -0.2) is 85.0 Å². The fourth-order valence-corrected chi connectivity index (χ4v) is 3.73. The van der Waals surface area contributed by atoms with Gasteiger partial charge < -0.3 is 25.4 Å². The topological polar surface area (TPSA) is 92.4 Å². The second-order valence-electron chi connectivity index (χ2n) is 8.28. The van der Waals surface area contributed by atoms with Crippen molar-refractivity contribution in [3.63, 3.8) is 0 Å². The van der Waals surface area contributed by atoms with E-state index in [1.807, 2.05) is 6.92 Å². The highest BCUT2D eigenvalue weighted by Gasteiger charge is 2.33. The van der Waals surface area contributed by atoms with E-state index in [2.05, 4.69) is 42.9 Å². The Balaban J connectivity index is 1.79. The van der Waals surface area contributed by atoms with Crippen LogP contribution < -0.4 is 11.1 Å². The van der Waals surface area contributed by atoms with Crippen LogP contribution in [0.25, 0.3) is 0 Å². The lowest BCUT2D eigenvalue weighted by Crippen LogP contribution is -2.56. The number of hydrogen-bond acceptors (Lipinski definition) is 5. The molecule has 2 saturated heterocycles. The summed E-state index contributed by atoms with van der Waals surface area (Å²) in [6.45, 7) is 14.7. The van der Waals surface area contributed by atoms with E-state index in [-0.39, 0.29) is 29.9 Å². The van der Waals surface area contributed by atoms with Gasteiger partial charge in [-0.25, -0.2) is 4.79 Å². The summed E-state index contributed by atoms with van der Waals surface area (Å²) in [5, 5.41) is 3.31. The highest BCUT2D eigenvalue weighted by molar-refractivity contribution is 5.78. The monoisotopic (exact) mass is 383 g/mol. The Bertz CT molecular complexity index is 507. The molecule has 0 saturated carbocycles. The van der Waals surface area contributed by atoms with Crippen LogP contribution in [0.3, 0.4) is 0 Å². The van der Waals surface area contributed by atoms with Gasteiger partial charge in [0.2, 0.25) is 0 Å². The van der Waals surface area contributed by atoms with Crippen LogP contribution in [-0.2, 0) is 9.47 Å². The molecule has 156 valence electrons. The lowest BCUT2D eigenvalue weighted by Gasteiger charge is -2.44. The molecule has 3 N–H and O–H groups in total. The standard InChI is InChI=1S/C19H37N5O3/c1-6-26-18(25)23-9-7-16(8-10-23)22-17(20)21-13-19(4,5)24-11-14(2)27-15(3)12-24/h14-16H,6-13H2,1-5H3,(H3,20,21,22). The predicted molar refractivity (Wildman–Crippen MR) is 107 cm³/mol. The summed E-state index contributed by atoms with van der Waals surface area (Å²) in [6, 6.07) is 0.242. The number of nitrogens with zero attached hydrogens (tertiary/aromatic N) is 3. The third-order valence-electron chi connectivity index (χ3n) is 5.28. The number of carbonyl (C=O) groups excluding carboxylic acids is 1. The molecule has 8 nitrogen and oxygen atoms in total. The van der Waals surface area contributed by atoms with Gasteiger partial charge >= 0.3 is 6.09 Å². The van der Waals surface area contributed by atoms with Crippen molar-refractivity contribution in [3.05, 3.63) is 0 Å². The van der Waals surface area contributed by atoms with Crippen molar-refractivity contribution < 1.29 is 14.3 Å². The largest absolute Gasteiger partial charge is 0.450 e. The summed E-state index contributed by atoms with van der Waals surface area (Å²) in [4.78, 5) is 20.5. The number of ether oxygens (including phenoxy) is 2. The minimum Gasteiger partial charge on any atom is -0.450 e. The Hall–Kier alpha value is -1.54. The fraction of sp³-hybridized carbons (Fsp3) is 0.895. The fourth-order valence-electron chi connectivity index (χ4n) is 3.73. The number of amides is 1. The van der Waals surface area contributed by atoms with Gasteiger partial charge in [-0.15, -0.1) is 0 Å². The van der Waals surface area contributed by atoms with Crippen molar-refractivity contribution in [1.29, 1.82) is 0 Å². The van der Waals surface area contributed by atoms with E-state index in [1.165, 1.54) is 0 Å². The van der Waals surface area contributed by atoms with Crippen LogP contribution in [0.2, 0.25) is 0 Å². The second-order valence-corrected chi connectivity index (χ2v) is 8.28. The van der Waals surface area contributed by atoms with Crippen molar-refractivity contribution in [2.24, 2.45) is 10.7 Å². The Labute approximate surface area is 163 Å². The summed E-state index contributed by atoms with van der Waals surface area (Å²) in [5.74, 6) is 0.479. The molecule has 2 fully saturated rings. The Morgan fingerprint density at radius 1 is 1.26 bits per heavy atom. The summed E-state index contributed by atoms with van der Waals surface area (Å²) >= 11 is 0. The van der Waals surface area contributed by atoms with Crippen molar-refractivity contribution >= 4 is 12.1 Å². The summed E-state index contributed by atoms with van der Waals surface area (Å²) < 4.78 is 10.9. The average Bonchev–Trinajstić information content (AvgIpc) is 2.60. The number of aliphatic imine (C=N–C) groups is 1. The molecule has 2 aliphatic heterocycles. The van der Waals surface area contributed by atoms with Crippen molar-refractivity contribution in [1.82, 2.24) is 15.1 Å². The van der Waals surface area contributed by atoms with Crippen LogP contribution >= 0.6 is 0 Å². The van der Waals surface area contributed by atoms with Crippen molar-refractivity contribution in [3.8, 4) is 0 Å². The minimum atomic E-state index is -0.228. The quantitative estimate of drug-likeness (QED) is 0.551. The normalized spacial score (nSPS) is 26.1. The number of hydrogen-bond donors (Lipinski definition) is 2. The first-order chi connectivity index (χ1) is 12.7. The SMILES string of the molecule is CCOC(=O)N1CCC(NC(N)=NCC(C)(C)N2CC(C)OC(C)C2)CC1. The van der Waals surface area contributed by atoms with Gasteiger partial charge in [0, 0.05) is 37.8 Å². The van der Waals surface area contributed by atoms with Gasteiger partial charge in [-0.05, 0) is 47.5 Å². The number of morpholine rings is 1. The molecule has 1 amide bonds. The maximum Gasteiger partial charge on any atom is 0.409 e. The molecule has 0 aromatic rings. The van der Waals surface area contributed by atoms with Crippen LogP contribution in [0.5, 0.6) is 0 Å². The maximum atomic E-state index is 11.8. The Morgan fingerprint density at radius 3 is 2.41 bits per heavy atom. The van der Waals surface area contributed by atoms with Crippen LogP contribution in [0.1, 0.15) is 47.5 Å². The first-order valence-corrected chi connectivity index (χ1v) is 10.1. The van der Waals surface area contributed by atoms with Gasteiger partial charge in [-0.2, -0.15) is 0 Å². The molecule has 2 heterocycles. The third kappa shape index (κ3) is 6.53. The van der Waals surface area contributed by atoms with E-state index in [4.69, 9.17) is 15.2 Å². The molecule has 0 aliphatic carbocycles. The molecule has 0 bridgehead atoms. The first kappa shape index (κ1) is 21.8. The smallest absolute Gasteiger partial charge is 0.409 e. The molecule has 27 heavy (non-hydrogen) atoms. The highest BCUT2D eigenvalue weighted by Crippen LogP contribution is 2.21. The summed E-state index contributed by atoms with van der Waals surface area (Å²) in [5.41, 5.74) is 6.05. The van der Waals surface area contributed by atoms with E-state index in [9.17, 15) is 4.79 Å². The van der Waals surface area contributed by atoms with Gasteiger partial charge in [0.15, 0.2) is 5.96 Å². The Kier molecular flexibility index (Phi) is 7.73. The zero-order valence-electron chi connectivity index (χ0n) is 17.5. The van der Waals surface area contributed by atoms with Crippen LogP contribution in [0.15, 0.2) is 4.99 Å². The lowest BCUT2D eigenvalue weighted by atomic mass is 10.0. The second kappa shape index (κ2) is 9.59. The van der Waals surface area contributed by atoms with Gasteiger partial charge in [0.25, 0.3) is 0 Å². The van der Waals surface area contributed by atoms with Crippen molar-refractivity contribution in [2.75, 3.05) is 39.3 Å². The number of nitrogens with one attached hydrogen (secondary N) is 1. The minimum absolute atomic E-state index is 0.0775. The van der Waals surface area contributed by atoms with E-state index in [0.29, 0.717) is 32.2 Å². The predicted octanol–water partition coefficient (Wildman–Crippen LogP) is 1.40. The zero-order valence-corrected chi connectivity index (χ0v) is 17.5. The number of rotatable bonds is 5. The van der Waals surface area contributed by atoms with Crippen molar-refractivity contribution in [2.45, 2.75) is 71.2 Å². The molecule has 0 radical (unpaired) electrons. The first-order valence-electron chi connectivity index (χ1n) is 10.1. The summed E-state index contributed by atoms with van der Waals surface area (Å²) in [6.07, 6.45) is 1.93. The average molecular weight is 384 g/mol. The summed E-state index contributed by atoms with van der Waals surface area (Å²) in [7, 11) is 0. The third-order valence-corrected chi connectivity index (χ3v) is 5.28. The van der Waals surface area contributed by atoms with E-state index in [0.717, 1.165) is 25.9 Å². The van der Waals surface area contributed by atoms with Gasteiger partial charge in [0.05, 0.1) is 25.4 Å². The molecule has 0 spiro atoms. The molecule has 8 heteroatoms. The van der Waals surface area contributed by atoms with Gasteiger partial charge in [0.1, 0.15) is 0 Å². The maximum absolute atomic E-state index is 11.8. The molecule has 2 aliphatic rings. The molecule has 2 atom stereocenters.